The number of nitrogens with one attached hydrogen (secondary N) is 1. The average molecular weight is 293 g/mol. The Balaban J connectivity index is 2.16. The first-order chi connectivity index (χ1) is 10.7. The van der Waals surface area contributed by atoms with Crippen LogP contribution in [-0.2, 0) is 0 Å². The standard InChI is InChI=1S/C18H15NO3/c1-3-5-6-7-10-19-17(20)15-12-14-9-8-13(4-2)11-16(14)22-18(15)21/h1-2,8-9,11-12H,5-7,10H2,(H,19,20). The van der Waals surface area contributed by atoms with E-state index in [-0.39, 0.29) is 5.56 Å². The van der Waals surface area contributed by atoms with E-state index in [0.717, 1.165) is 12.8 Å². The smallest absolute Gasteiger partial charge is 0.349 e. The fourth-order valence-corrected chi connectivity index (χ4v) is 2.01. The highest BCUT2D eigenvalue weighted by Crippen LogP contribution is 2.15. The van der Waals surface area contributed by atoms with Crippen LogP contribution in [0.25, 0.3) is 11.0 Å². The topological polar surface area (TPSA) is 59.3 Å². The van der Waals surface area contributed by atoms with Crippen molar-refractivity contribution in [3.8, 4) is 24.7 Å². The number of terminal acetylenes is 2. The summed E-state index contributed by atoms with van der Waals surface area (Å²) >= 11 is 0. The first-order valence-electron chi connectivity index (χ1n) is 6.92. The molecule has 1 N–H and O–H groups in total. The number of amides is 1. The Bertz CT molecular complexity index is 834. The minimum Gasteiger partial charge on any atom is -0.422 e. The molecule has 0 saturated carbocycles. The van der Waals surface area contributed by atoms with Crippen molar-refractivity contribution < 1.29 is 9.21 Å². The molecule has 1 amide bonds. The maximum absolute atomic E-state index is 12.0. The van der Waals surface area contributed by atoms with Crippen LogP contribution < -0.4 is 10.9 Å². The second kappa shape index (κ2) is 7.15. The van der Waals surface area contributed by atoms with Crippen molar-refractivity contribution in [2.45, 2.75) is 19.3 Å². The van der Waals surface area contributed by atoms with Gasteiger partial charge in [-0.3, -0.25) is 4.79 Å². The van der Waals surface area contributed by atoms with Crippen molar-refractivity contribution >= 4 is 16.9 Å². The molecule has 1 aromatic heterocycles. The van der Waals surface area contributed by atoms with Crippen molar-refractivity contribution in [2.75, 3.05) is 6.54 Å². The molecule has 0 spiro atoms. The van der Waals surface area contributed by atoms with Crippen molar-refractivity contribution in [1.29, 1.82) is 0 Å². The summed E-state index contributed by atoms with van der Waals surface area (Å²) in [6.07, 6.45) is 12.7. The van der Waals surface area contributed by atoms with E-state index in [1.54, 1.807) is 18.2 Å². The van der Waals surface area contributed by atoms with Crippen molar-refractivity contribution in [1.82, 2.24) is 5.32 Å². The summed E-state index contributed by atoms with van der Waals surface area (Å²) in [6, 6.07) is 6.55. The summed E-state index contributed by atoms with van der Waals surface area (Å²) in [6.45, 7) is 0.466. The van der Waals surface area contributed by atoms with Crippen LogP contribution in [-0.4, -0.2) is 12.5 Å². The van der Waals surface area contributed by atoms with Gasteiger partial charge in [-0.1, -0.05) is 5.92 Å². The van der Waals surface area contributed by atoms with Gasteiger partial charge in [0.25, 0.3) is 5.91 Å². The first-order valence-corrected chi connectivity index (χ1v) is 6.92. The van der Waals surface area contributed by atoms with Crippen molar-refractivity contribution in [3.05, 3.63) is 45.8 Å². The van der Waals surface area contributed by atoms with Crippen LogP contribution >= 0.6 is 0 Å². The molecule has 0 radical (unpaired) electrons. The number of unbranched alkanes of at least 4 members (excludes halogenated alkanes) is 2. The molecule has 0 saturated heterocycles. The van der Waals surface area contributed by atoms with E-state index >= 15 is 0 Å². The molecule has 4 nitrogen and oxygen atoms in total. The van der Waals surface area contributed by atoms with E-state index in [4.69, 9.17) is 17.3 Å². The lowest BCUT2D eigenvalue weighted by atomic mass is 10.1. The van der Waals surface area contributed by atoms with E-state index < -0.39 is 11.5 Å². The Morgan fingerprint density at radius 2 is 2.05 bits per heavy atom. The van der Waals surface area contributed by atoms with Crippen LogP contribution in [0.15, 0.2) is 33.5 Å². The Hall–Kier alpha value is -2.98. The molecular weight excluding hydrogens is 278 g/mol. The molecule has 2 rings (SSSR count). The van der Waals surface area contributed by atoms with Crippen LogP contribution in [0.4, 0.5) is 0 Å². The molecule has 0 aliphatic carbocycles. The number of benzene rings is 1. The summed E-state index contributed by atoms with van der Waals surface area (Å²) < 4.78 is 5.16. The van der Waals surface area contributed by atoms with Gasteiger partial charge in [-0.05, 0) is 37.1 Å². The van der Waals surface area contributed by atoms with Crippen molar-refractivity contribution in [3.63, 3.8) is 0 Å². The largest absolute Gasteiger partial charge is 0.422 e. The van der Waals surface area contributed by atoms with Gasteiger partial charge in [0, 0.05) is 23.9 Å². The van der Waals surface area contributed by atoms with Gasteiger partial charge in [-0.25, -0.2) is 4.79 Å². The highest BCUT2D eigenvalue weighted by Gasteiger charge is 2.13. The van der Waals surface area contributed by atoms with Gasteiger partial charge >= 0.3 is 5.63 Å². The van der Waals surface area contributed by atoms with E-state index in [1.165, 1.54) is 6.07 Å². The summed E-state index contributed by atoms with van der Waals surface area (Å²) in [5.74, 6) is 4.55. The summed E-state index contributed by atoms with van der Waals surface area (Å²) in [7, 11) is 0. The van der Waals surface area contributed by atoms with Crippen molar-refractivity contribution in [2.24, 2.45) is 0 Å². The lowest BCUT2D eigenvalue weighted by Gasteiger charge is -2.05. The summed E-state index contributed by atoms with van der Waals surface area (Å²) in [4.78, 5) is 23.9. The molecule has 0 fully saturated rings. The predicted molar refractivity (Wildman–Crippen MR) is 85.4 cm³/mol. The van der Waals surface area contributed by atoms with Crippen LogP contribution in [0.3, 0.4) is 0 Å². The second-order valence-electron chi connectivity index (χ2n) is 4.76. The number of carbonyl (C=O) groups is 1. The average Bonchev–Trinajstić information content (AvgIpc) is 2.53. The molecule has 1 heterocycles. The normalized spacial score (nSPS) is 9.91. The van der Waals surface area contributed by atoms with E-state index in [1.807, 2.05) is 0 Å². The Labute approximate surface area is 128 Å². The fraction of sp³-hybridized carbons (Fsp3) is 0.222. The molecule has 1 aromatic carbocycles. The van der Waals surface area contributed by atoms with Gasteiger partial charge in [-0.15, -0.1) is 18.8 Å². The van der Waals surface area contributed by atoms with Gasteiger partial charge < -0.3 is 9.73 Å². The summed E-state index contributed by atoms with van der Waals surface area (Å²) in [5, 5.41) is 3.34. The maximum Gasteiger partial charge on any atom is 0.349 e. The number of hydrogen-bond donors (Lipinski definition) is 1. The number of rotatable bonds is 5. The quantitative estimate of drug-likeness (QED) is 0.523. The lowest BCUT2D eigenvalue weighted by Crippen LogP contribution is -2.29. The highest BCUT2D eigenvalue weighted by molar-refractivity contribution is 5.96. The third kappa shape index (κ3) is 3.56. The van der Waals surface area contributed by atoms with E-state index in [9.17, 15) is 9.59 Å². The zero-order valence-electron chi connectivity index (χ0n) is 12.0. The SMILES string of the molecule is C#CCCCCNC(=O)c1cc2ccc(C#C)cc2oc1=O. The van der Waals surface area contributed by atoms with Crippen LogP contribution in [0, 0.1) is 24.7 Å². The molecule has 0 unspecified atom stereocenters. The number of hydrogen-bond acceptors (Lipinski definition) is 3. The van der Waals surface area contributed by atoms with Crippen LogP contribution in [0.2, 0.25) is 0 Å². The Morgan fingerprint density at radius 1 is 1.23 bits per heavy atom. The second-order valence-corrected chi connectivity index (χ2v) is 4.76. The molecular formula is C18H15NO3. The fourth-order valence-electron chi connectivity index (χ4n) is 2.01. The van der Waals surface area contributed by atoms with Gasteiger partial charge in [0.2, 0.25) is 0 Å². The molecule has 2 aromatic rings. The first kappa shape index (κ1) is 15.4. The predicted octanol–water partition coefficient (Wildman–Crippen LogP) is 2.31. The zero-order valence-corrected chi connectivity index (χ0v) is 12.0. The molecule has 0 atom stereocenters. The third-order valence-electron chi connectivity index (χ3n) is 3.18. The minimum absolute atomic E-state index is 0.0158. The van der Waals surface area contributed by atoms with E-state index in [2.05, 4.69) is 17.2 Å². The third-order valence-corrected chi connectivity index (χ3v) is 3.18. The molecule has 22 heavy (non-hydrogen) atoms. The Morgan fingerprint density at radius 3 is 2.77 bits per heavy atom. The summed E-state index contributed by atoms with van der Waals surface area (Å²) in [5.41, 5.74) is 0.285. The number of carbonyl (C=O) groups excluding carboxylic acids is 1. The Kier molecular flexibility index (Phi) is 5.01. The maximum atomic E-state index is 12.0. The molecule has 0 aliphatic rings. The van der Waals surface area contributed by atoms with E-state index in [0.29, 0.717) is 29.5 Å². The van der Waals surface area contributed by atoms with Gasteiger partial charge in [0.1, 0.15) is 11.1 Å². The highest BCUT2D eigenvalue weighted by atomic mass is 16.4. The molecule has 0 aliphatic heterocycles. The zero-order chi connectivity index (χ0) is 15.9. The van der Waals surface area contributed by atoms with Gasteiger partial charge in [-0.2, -0.15) is 0 Å². The molecule has 0 bridgehead atoms. The van der Waals surface area contributed by atoms with Crippen LogP contribution in [0.1, 0.15) is 35.2 Å². The number of fused-ring (bicyclic) bond motifs is 1. The van der Waals surface area contributed by atoms with Crippen LogP contribution in [0.5, 0.6) is 0 Å². The molecule has 110 valence electrons. The lowest BCUT2D eigenvalue weighted by molar-refractivity contribution is 0.0949. The minimum atomic E-state index is -0.678. The van der Waals surface area contributed by atoms with Gasteiger partial charge in [0.05, 0.1) is 0 Å². The van der Waals surface area contributed by atoms with Gasteiger partial charge in [0.15, 0.2) is 0 Å². The molecule has 4 heteroatoms. The monoisotopic (exact) mass is 293 g/mol.